The molecular formula is C20H20FN5O3. The molecule has 0 bridgehead atoms. The van der Waals surface area contributed by atoms with E-state index in [1.54, 1.807) is 48.5 Å². The number of amides is 1. The van der Waals surface area contributed by atoms with E-state index < -0.39 is 4.92 Å². The van der Waals surface area contributed by atoms with E-state index in [9.17, 15) is 19.3 Å². The van der Waals surface area contributed by atoms with Gasteiger partial charge in [-0.3, -0.25) is 14.9 Å². The van der Waals surface area contributed by atoms with Gasteiger partial charge in [0.1, 0.15) is 5.82 Å². The minimum atomic E-state index is -0.477. The first kappa shape index (κ1) is 20.0. The minimum absolute atomic E-state index is 0.0146. The van der Waals surface area contributed by atoms with Gasteiger partial charge in [0, 0.05) is 38.5 Å². The highest BCUT2D eigenvalue weighted by Gasteiger charge is 2.11. The van der Waals surface area contributed by atoms with Gasteiger partial charge in [-0.2, -0.15) is 5.10 Å². The van der Waals surface area contributed by atoms with Gasteiger partial charge in [-0.1, -0.05) is 12.1 Å². The van der Waals surface area contributed by atoms with Gasteiger partial charge in [0.05, 0.1) is 28.1 Å². The molecule has 0 unspecified atom stereocenters. The summed E-state index contributed by atoms with van der Waals surface area (Å²) in [5.74, 6) is -0.551. The van der Waals surface area contributed by atoms with E-state index in [-0.39, 0.29) is 17.4 Å². The summed E-state index contributed by atoms with van der Waals surface area (Å²) in [4.78, 5) is 24.3. The first-order chi connectivity index (χ1) is 14.0. The maximum absolute atomic E-state index is 13.7. The number of nitrogens with one attached hydrogen (secondary N) is 1. The Balaban J connectivity index is 1.50. The normalized spacial score (nSPS) is 10.6. The Morgan fingerprint density at radius 2 is 1.97 bits per heavy atom. The number of carbonyl (C=O) groups is 1. The second kappa shape index (κ2) is 8.96. The van der Waals surface area contributed by atoms with E-state index in [1.807, 2.05) is 0 Å². The average Bonchev–Trinajstić information content (AvgIpc) is 3.21. The minimum Gasteiger partial charge on any atom is -0.372 e. The highest BCUT2D eigenvalue weighted by Crippen LogP contribution is 2.17. The highest BCUT2D eigenvalue weighted by atomic mass is 19.1. The largest absolute Gasteiger partial charge is 0.372 e. The van der Waals surface area contributed by atoms with Crippen LogP contribution in [0.4, 0.5) is 15.8 Å². The fourth-order valence-corrected chi connectivity index (χ4v) is 2.81. The molecule has 0 aliphatic heterocycles. The summed E-state index contributed by atoms with van der Waals surface area (Å²) in [7, 11) is 1.80. The van der Waals surface area contributed by atoms with Crippen molar-refractivity contribution >= 4 is 17.3 Å². The summed E-state index contributed by atoms with van der Waals surface area (Å²) >= 11 is 0. The first-order valence-electron chi connectivity index (χ1n) is 8.99. The lowest BCUT2D eigenvalue weighted by molar-refractivity contribution is -0.384. The highest BCUT2D eigenvalue weighted by molar-refractivity contribution is 5.93. The Bertz CT molecular complexity index is 1000. The van der Waals surface area contributed by atoms with Crippen molar-refractivity contribution in [1.82, 2.24) is 15.1 Å². The number of non-ortho nitro benzene ring substituents is 1. The lowest BCUT2D eigenvalue weighted by atomic mass is 10.2. The molecule has 9 heteroatoms. The topological polar surface area (TPSA) is 93.3 Å². The van der Waals surface area contributed by atoms with E-state index in [4.69, 9.17) is 0 Å². The van der Waals surface area contributed by atoms with Crippen LogP contribution >= 0.6 is 0 Å². The molecule has 8 nitrogen and oxygen atoms in total. The van der Waals surface area contributed by atoms with Crippen molar-refractivity contribution in [2.45, 2.75) is 6.42 Å². The van der Waals surface area contributed by atoms with Crippen LogP contribution < -0.4 is 10.2 Å². The van der Waals surface area contributed by atoms with Gasteiger partial charge in [0.25, 0.3) is 11.6 Å². The van der Waals surface area contributed by atoms with Gasteiger partial charge in [-0.05, 0) is 30.7 Å². The van der Waals surface area contributed by atoms with Gasteiger partial charge in [-0.15, -0.1) is 0 Å². The molecule has 0 spiro atoms. The van der Waals surface area contributed by atoms with Crippen molar-refractivity contribution in [3.8, 4) is 5.69 Å². The summed E-state index contributed by atoms with van der Waals surface area (Å²) in [6.07, 6.45) is 3.64. The monoisotopic (exact) mass is 397 g/mol. The summed E-state index contributed by atoms with van der Waals surface area (Å²) < 4.78 is 15.2. The molecule has 0 aliphatic rings. The van der Waals surface area contributed by atoms with Crippen LogP contribution in [-0.4, -0.2) is 40.7 Å². The number of hydrogen-bond donors (Lipinski definition) is 1. The summed E-state index contributed by atoms with van der Waals surface area (Å²) in [6.45, 7) is 1.02. The van der Waals surface area contributed by atoms with Crippen molar-refractivity contribution in [1.29, 1.82) is 0 Å². The Morgan fingerprint density at radius 3 is 2.66 bits per heavy atom. The third-order valence-electron chi connectivity index (χ3n) is 4.39. The number of para-hydroxylation sites is 1. The van der Waals surface area contributed by atoms with Gasteiger partial charge in [-0.25, -0.2) is 9.07 Å². The SMILES string of the molecule is CN(CCCNC(=O)c1cnn(-c2ccc([N+](=O)[O-])cc2)c1)c1ccccc1F. The maximum Gasteiger partial charge on any atom is 0.269 e. The van der Waals surface area contributed by atoms with Crippen molar-refractivity contribution in [2.75, 3.05) is 25.0 Å². The molecule has 0 atom stereocenters. The Hall–Kier alpha value is -3.75. The van der Waals surface area contributed by atoms with E-state index in [2.05, 4.69) is 10.4 Å². The molecule has 0 fully saturated rings. The molecule has 0 saturated carbocycles. The molecule has 1 heterocycles. The number of carbonyl (C=O) groups excluding carboxylic acids is 1. The molecule has 1 amide bonds. The standard InChI is InChI=1S/C20H20FN5O3/c1-24(19-6-3-2-5-18(19)21)12-4-11-22-20(27)15-13-23-25(14-15)16-7-9-17(10-8-16)26(28)29/h2-3,5-10,13-14H,4,11-12H2,1H3,(H,22,27). The summed E-state index contributed by atoms with van der Waals surface area (Å²) in [6, 6.07) is 12.4. The van der Waals surface area contributed by atoms with Crippen LogP contribution in [0, 0.1) is 15.9 Å². The lowest BCUT2D eigenvalue weighted by Gasteiger charge is -2.19. The zero-order valence-electron chi connectivity index (χ0n) is 15.8. The molecule has 3 rings (SSSR count). The fraction of sp³-hybridized carbons (Fsp3) is 0.200. The molecule has 0 saturated heterocycles. The number of nitro benzene ring substituents is 1. The molecule has 150 valence electrons. The molecule has 3 aromatic rings. The maximum atomic E-state index is 13.7. The lowest BCUT2D eigenvalue weighted by Crippen LogP contribution is -2.28. The smallest absolute Gasteiger partial charge is 0.269 e. The molecule has 2 aromatic carbocycles. The first-order valence-corrected chi connectivity index (χ1v) is 8.99. The van der Waals surface area contributed by atoms with Crippen LogP contribution in [0.15, 0.2) is 60.9 Å². The van der Waals surface area contributed by atoms with Crippen LogP contribution in [-0.2, 0) is 0 Å². The van der Waals surface area contributed by atoms with Gasteiger partial charge >= 0.3 is 0 Å². The van der Waals surface area contributed by atoms with Crippen molar-refractivity contribution in [2.24, 2.45) is 0 Å². The van der Waals surface area contributed by atoms with Crippen LogP contribution in [0.1, 0.15) is 16.8 Å². The fourth-order valence-electron chi connectivity index (χ4n) is 2.81. The van der Waals surface area contributed by atoms with E-state index in [0.717, 1.165) is 0 Å². The Morgan fingerprint density at radius 1 is 1.24 bits per heavy atom. The van der Waals surface area contributed by atoms with Gasteiger partial charge < -0.3 is 10.2 Å². The Kier molecular flexibility index (Phi) is 6.18. The van der Waals surface area contributed by atoms with Crippen molar-refractivity contribution in [3.05, 3.63) is 82.4 Å². The zero-order chi connectivity index (χ0) is 20.8. The predicted molar refractivity (Wildman–Crippen MR) is 107 cm³/mol. The number of nitrogens with zero attached hydrogens (tertiary/aromatic N) is 4. The van der Waals surface area contributed by atoms with Gasteiger partial charge in [0.2, 0.25) is 0 Å². The number of rotatable bonds is 8. The summed E-state index contributed by atoms with van der Waals surface area (Å²) in [5.41, 5.74) is 1.49. The number of hydrogen-bond acceptors (Lipinski definition) is 5. The van der Waals surface area contributed by atoms with Crippen LogP contribution in [0.2, 0.25) is 0 Å². The third-order valence-corrected chi connectivity index (χ3v) is 4.39. The van der Waals surface area contributed by atoms with E-state index in [0.29, 0.717) is 36.4 Å². The number of halogens is 1. The van der Waals surface area contributed by atoms with Crippen LogP contribution in [0.3, 0.4) is 0 Å². The second-order valence-electron chi connectivity index (χ2n) is 6.43. The predicted octanol–water partition coefficient (Wildman–Crippen LogP) is 3.18. The molecule has 0 aliphatic carbocycles. The van der Waals surface area contributed by atoms with Crippen molar-refractivity contribution < 1.29 is 14.1 Å². The number of benzene rings is 2. The zero-order valence-corrected chi connectivity index (χ0v) is 15.8. The number of nitro groups is 1. The molecule has 1 N–H and O–H groups in total. The second-order valence-corrected chi connectivity index (χ2v) is 6.43. The average molecular weight is 397 g/mol. The van der Waals surface area contributed by atoms with Crippen LogP contribution in [0.5, 0.6) is 0 Å². The molecular weight excluding hydrogens is 377 g/mol. The Labute approximate surface area is 166 Å². The molecule has 0 radical (unpaired) electrons. The molecule has 1 aromatic heterocycles. The third kappa shape index (κ3) is 4.95. The number of aromatic nitrogens is 2. The molecule has 29 heavy (non-hydrogen) atoms. The summed E-state index contributed by atoms with van der Waals surface area (Å²) in [5, 5.41) is 17.6. The quantitative estimate of drug-likeness (QED) is 0.358. The van der Waals surface area contributed by atoms with E-state index >= 15 is 0 Å². The van der Waals surface area contributed by atoms with E-state index in [1.165, 1.54) is 29.1 Å². The van der Waals surface area contributed by atoms with Gasteiger partial charge in [0.15, 0.2) is 0 Å². The van der Waals surface area contributed by atoms with Crippen LogP contribution in [0.25, 0.3) is 5.69 Å². The number of anilines is 1. The van der Waals surface area contributed by atoms with Crippen molar-refractivity contribution in [3.63, 3.8) is 0 Å².